The van der Waals surface area contributed by atoms with Gasteiger partial charge in [-0.15, -0.1) is 0 Å². The van der Waals surface area contributed by atoms with Gasteiger partial charge in [-0.3, -0.25) is 0 Å². The van der Waals surface area contributed by atoms with E-state index in [0.29, 0.717) is 23.7 Å². The molecule has 2 rings (SSSR count). The highest BCUT2D eigenvalue weighted by molar-refractivity contribution is 5.07. The Balaban J connectivity index is 1.92. The van der Waals surface area contributed by atoms with Gasteiger partial charge in [-0.05, 0) is 38.5 Å². The van der Waals surface area contributed by atoms with Crippen LogP contribution in [0.3, 0.4) is 0 Å². The molecule has 2 aliphatic rings. The molecule has 1 spiro atoms. The average molecular weight is 253 g/mol. The van der Waals surface area contributed by atoms with Gasteiger partial charge in [0.15, 0.2) is 0 Å². The summed E-state index contributed by atoms with van der Waals surface area (Å²) in [5.41, 5.74) is 6.68. The van der Waals surface area contributed by atoms with Crippen LogP contribution in [0.5, 0.6) is 0 Å². The third kappa shape index (κ3) is 2.91. The predicted octanol–water partition coefficient (Wildman–Crippen LogP) is 3.88. The Morgan fingerprint density at radius 1 is 1.11 bits per heavy atom. The van der Waals surface area contributed by atoms with E-state index >= 15 is 0 Å². The summed E-state index contributed by atoms with van der Waals surface area (Å²) < 4.78 is 6.34. The van der Waals surface area contributed by atoms with Gasteiger partial charge < -0.3 is 10.5 Å². The second-order valence-electron chi connectivity index (χ2n) is 7.05. The number of hydrogen-bond donors (Lipinski definition) is 1. The summed E-state index contributed by atoms with van der Waals surface area (Å²) in [7, 11) is 0. The molecule has 2 aliphatic carbocycles. The largest absolute Gasteiger partial charge is 0.375 e. The van der Waals surface area contributed by atoms with Crippen LogP contribution < -0.4 is 5.73 Å². The molecule has 0 radical (unpaired) electrons. The van der Waals surface area contributed by atoms with Crippen LogP contribution in [0.1, 0.15) is 72.1 Å². The van der Waals surface area contributed by atoms with E-state index in [1.54, 1.807) is 0 Å². The Morgan fingerprint density at radius 3 is 2.22 bits per heavy atom. The zero-order valence-electron chi connectivity index (χ0n) is 12.5. The van der Waals surface area contributed by atoms with Crippen molar-refractivity contribution >= 4 is 0 Å². The summed E-state index contributed by atoms with van der Waals surface area (Å²) in [6, 6.07) is 0.395. The van der Waals surface area contributed by atoms with Gasteiger partial charge in [0.25, 0.3) is 0 Å². The average Bonchev–Trinajstić information content (AvgIpc) is 2.55. The maximum atomic E-state index is 6.35. The molecule has 2 fully saturated rings. The summed E-state index contributed by atoms with van der Waals surface area (Å²) in [5.74, 6) is 0.721. The SMILES string of the molecule is CC(C)CC(C)OC1CC(N)C12CCCCCC2. The fraction of sp³-hybridized carbons (Fsp3) is 1.00. The lowest BCUT2D eigenvalue weighted by atomic mass is 9.58. The number of ether oxygens (including phenoxy) is 1. The van der Waals surface area contributed by atoms with Crippen molar-refractivity contribution in [2.75, 3.05) is 0 Å². The molecule has 106 valence electrons. The van der Waals surface area contributed by atoms with Crippen molar-refractivity contribution in [1.29, 1.82) is 0 Å². The smallest absolute Gasteiger partial charge is 0.0664 e. The maximum absolute atomic E-state index is 6.35. The van der Waals surface area contributed by atoms with Crippen LogP contribution in [-0.2, 0) is 4.74 Å². The molecule has 0 aromatic carbocycles. The standard InChI is InChI=1S/C16H31NO/c1-12(2)10-13(3)18-15-11-14(17)16(15)8-6-4-5-7-9-16/h12-15H,4-11,17H2,1-3H3. The molecular formula is C16H31NO. The minimum atomic E-state index is 0.335. The second-order valence-corrected chi connectivity index (χ2v) is 7.05. The van der Waals surface area contributed by atoms with Crippen molar-refractivity contribution in [3.05, 3.63) is 0 Å². The van der Waals surface area contributed by atoms with Gasteiger partial charge in [0, 0.05) is 11.5 Å². The topological polar surface area (TPSA) is 35.2 Å². The Labute approximate surface area is 113 Å². The molecule has 0 bridgehead atoms. The molecule has 0 aromatic heterocycles. The fourth-order valence-corrected chi connectivity index (χ4v) is 4.05. The van der Waals surface area contributed by atoms with Crippen LogP contribution in [0.15, 0.2) is 0 Å². The highest BCUT2D eigenvalue weighted by atomic mass is 16.5. The predicted molar refractivity (Wildman–Crippen MR) is 76.5 cm³/mol. The van der Waals surface area contributed by atoms with Crippen molar-refractivity contribution in [1.82, 2.24) is 0 Å². The van der Waals surface area contributed by atoms with Crippen LogP contribution in [-0.4, -0.2) is 18.2 Å². The molecule has 0 aliphatic heterocycles. The van der Waals surface area contributed by atoms with Crippen molar-refractivity contribution in [2.24, 2.45) is 17.1 Å². The van der Waals surface area contributed by atoms with E-state index in [1.165, 1.54) is 44.9 Å². The zero-order valence-corrected chi connectivity index (χ0v) is 12.5. The van der Waals surface area contributed by atoms with E-state index in [2.05, 4.69) is 20.8 Å². The van der Waals surface area contributed by atoms with Crippen molar-refractivity contribution in [3.63, 3.8) is 0 Å². The van der Waals surface area contributed by atoms with E-state index in [-0.39, 0.29) is 0 Å². The van der Waals surface area contributed by atoms with Crippen molar-refractivity contribution in [2.45, 2.75) is 90.4 Å². The number of rotatable bonds is 4. The Hall–Kier alpha value is -0.0800. The summed E-state index contributed by atoms with van der Waals surface area (Å²) in [5, 5.41) is 0. The number of nitrogens with two attached hydrogens (primary N) is 1. The normalized spacial score (nSPS) is 33.2. The number of hydrogen-bond acceptors (Lipinski definition) is 2. The zero-order chi connectivity index (χ0) is 13.2. The van der Waals surface area contributed by atoms with Crippen LogP contribution >= 0.6 is 0 Å². The quantitative estimate of drug-likeness (QED) is 0.825. The highest BCUT2D eigenvalue weighted by Crippen LogP contribution is 2.51. The van der Waals surface area contributed by atoms with E-state index in [9.17, 15) is 0 Å². The fourth-order valence-electron chi connectivity index (χ4n) is 4.05. The van der Waals surface area contributed by atoms with Gasteiger partial charge in [0.2, 0.25) is 0 Å². The molecule has 3 unspecified atom stereocenters. The van der Waals surface area contributed by atoms with Gasteiger partial charge in [-0.1, -0.05) is 39.5 Å². The molecule has 2 saturated carbocycles. The Bertz CT molecular complexity index is 256. The third-order valence-electron chi connectivity index (χ3n) is 5.08. The molecule has 0 saturated heterocycles. The van der Waals surface area contributed by atoms with Crippen LogP contribution in [0.25, 0.3) is 0 Å². The summed E-state index contributed by atoms with van der Waals surface area (Å²) in [4.78, 5) is 0. The minimum Gasteiger partial charge on any atom is -0.375 e. The first-order valence-corrected chi connectivity index (χ1v) is 7.95. The van der Waals surface area contributed by atoms with Crippen LogP contribution in [0.2, 0.25) is 0 Å². The Morgan fingerprint density at radius 2 is 1.72 bits per heavy atom. The van der Waals surface area contributed by atoms with Crippen LogP contribution in [0, 0.1) is 11.3 Å². The molecule has 0 aromatic rings. The molecule has 18 heavy (non-hydrogen) atoms. The molecule has 2 heteroatoms. The monoisotopic (exact) mass is 253 g/mol. The molecule has 0 amide bonds. The molecule has 3 atom stereocenters. The second kappa shape index (κ2) is 5.92. The summed E-state index contributed by atoms with van der Waals surface area (Å²) in [6.07, 6.45) is 11.2. The van der Waals surface area contributed by atoms with E-state index in [1.807, 2.05) is 0 Å². The van der Waals surface area contributed by atoms with Crippen molar-refractivity contribution in [3.8, 4) is 0 Å². The first-order valence-electron chi connectivity index (χ1n) is 7.95. The summed E-state index contributed by atoms with van der Waals surface area (Å²) >= 11 is 0. The van der Waals surface area contributed by atoms with Gasteiger partial charge in [0.1, 0.15) is 0 Å². The molecule has 0 heterocycles. The van der Waals surface area contributed by atoms with E-state index in [0.717, 1.165) is 12.3 Å². The minimum absolute atomic E-state index is 0.335. The van der Waals surface area contributed by atoms with Crippen molar-refractivity contribution < 1.29 is 4.74 Å². The highest BCUT2D eigenvalue weighted by Gasteiger charge is 2.53. The van der Waals surface area contributed by atoms with E-state index in [4.69, 9.17) is 10.5 Å². The molecule has 2 nitrogen and oxygen atoms in total. The lowest BCUT2D eigenvalue weighted by molar-refractivity contribution is -0.160. The van der Waals surface area contributed by atoms with Gasteiger partial charge >= 0.3 is 0 Å². The van der Waals surface area contributed by atoms with Gasteiger partial charge in [0.05, 0.1) is 12.2 Å². The summed E-state index contributed by atoms with van der Waals surface area (Å²) in [6.45, 7) is 6.77. The van der Waals surface area contributed by atoms with Gasteiger partial charge in [-0.2, -0.15) is 0 Å². The van der Waals surface area contributed by atoms with Gasteiger partial charge in [-0.25, -0.2) is 0 Å². The third-order valence-corrected chi connectivity index (χ3v) is 5.08. The molecule has 2 N–H and O–H groups in total. The first kappa shape index (κ1) is 14.3. The lowest BCUT2D eigenvalue weighted by Gasteiger charge is -2.55. The van der Waals surface area contributed by atoms with E-state index < -0.39 is 0 Å². The Kier molecular flexibility index (Phi) is 4.71. The van der Waals surface area contributed by atoms with Crippen LogP contribution in [0.4, 0.5) is 0 Å². The molecular weight excluding hydrogens is 222 g/mol. The first-order chi connectivity index (χ1) is 8.54. The maximum Gasteiger partial charge on any atom is 0.0664 e. The lowest BCUT2D eigenvalue weighted by Crippen LogP contribution is -2.62.